The lowest BCUT2D eigenvalue weighted by atomic mass is 9.95. The van der Waals surface area contributed by atoms with Crippen LogP contribution < -0.4 is 5.32 Å². The van der Waals surface area contributed by atoms with Gasteiger partial charge in [0.25, 0.3) is 0 Å². The van der Waals surface area contributed by atoms with Gasteiger partial charge in [-0.25, -0.2) is 4.52 Å². The molecule has 0 unspecified atom stereocenters. The van der Waals surface area contributed by atoms with Crippen molar-refractivity contribution in [3.8, 4) is 0 Å². The molecule has 2 aromatic rings. The van der Waals surface area contributed by atoms with Crippen LogP contribution in [0, 0.1) is 6.92 Å². The number of rotatable bonds is 2. The van der Waals surface area contributed by atoms with Crippen molar-refractivity contribution in [3.63, 3.8) is 0 Å². The molecule has 1 N–H and O–H groups in total. The fourth-order valence-electron chi connectivity index (χ4n) is 2.26. The van der Waals surface area contributed by atoms with Crippen LogP contribution in [0.15, 0.2) is 18.3 Å². The molecule has 0 aliphatic carbocycles. The third kappa shape index (κ3) is 4.24. The second-order valence-electron chi connectivity index (χ2n) is 5.78. The Kier molecular flexibility index (Phi) is 5.89. The van der Waals surface area contributed by atoms with Crippen molar-refractivity contribution in [2.24, 2.45) is 0 Å². The Hall–Kier alpha value is -1.04. The highest BCUT2D eigenvalue weighted by Crippen LogP contribution is 2.25. The molecule has 0 radical (unpaired) electrons. The zero-order chi connectivity index (χ0) is 16.2. The van der Waals surface area contributed by atoms with Gasteiger partial charge < -0.3 is 5.32 Å². The lowest BCUT2D eigenvalue weighted by Gasteiger charge is -2.32. The number of nitrogens with one attached hydrogen (secondary N) is 1. The summed E-state index contributed by atoms with van der Waals surface area (Å²) in [6.45, 7) is 4.21. The van der Waals surface area contributed by atoms with Crippen molar-refractivity contribution in [2.45, 2.75) is 32.2 Å². The van der Waals surface area contributed by atoms with E-state index in [1.807, 2.05) is 6.92 Å². The van der Waals surface area contributed by atoms with Gasteiger partial charge in [-0.2, -0.15) is 16.9 Å². The topological polar surface area (TPSA) is 46.4 Å². The largest absolute Gasteiger partial charge is 0.314 e. The second-order valence-corrected chi connectivity index (χ2v) is 7.42. The Morgan fingerprint density at radius 1 is 1.41 bits per heavy atom. The monoisotopic (exact) mass is 339 g/mol. The number of thioether (sulfide) groups is 1. The number of carbonyl (C=O) groups excluding carboxylic acids is 1. The average molecular weight is 340 g/mol. The van der Waals surface area contributed by atoms with Crippen LogP contribution in [0.1, 0.15) is 35.8 Å². The van der Waals surface area contributed by atoms with Crippen LogP contribution in [0.3, 0.4) is 0 Å². The molecule has 1 saturated heterocycles. The summed E-state index contributed by atoms with van der Waals surface area (Å²) in [5.74, 6) is 2.66. The van der Waals surface area contributed by atoms with Gasteiger partial charge in [-0.3, -0.25) is 4.79 Å². The Morgan fingerprint density at radius 2 is 2.09 bits per heavy atom. The smallest absolute Gasteiger partial charge is 0.170 e. The molecule has 1 fully saturated rings. The van der Waals surface area contributed by atoms with Gasteiger partial charge in [-0.15, -0.1) is 0 Å². The molecule has 0 amide bonds. The zero-order valence-electron chi connectivity index (χ0n) is 13.2. The first-order valence-electron chi connectivity index (χ1n) is 7.35. The van der Waals surface area contributed by atoms with E-state index in [9.17, 15) is 4.79 Å². The van der Waals surface area contributed by atoms with E-state index in [-0.39, 0.29) is 0 Å². The molecular formula is C16H22ClN3OS. The summed E-state index contributed by atoms with van der Waals surface area (Å²) in [4.78, 5) is 10.4. The van der Waals surface area contributed by atoms with E-state index in [4.69, 9.17) is 11.6 Å². The molecule has 0 aromatic carbocycles. The van der Waals surface area contributed by atoms with Gasteiger partial charge in [-0.1, -0.05) is 11.6 Å². The van der Waals surface area contributed by atoms with Gasteiger partial charge in [0.2, 0.25) is 0 Å². The van der Waals surface area contributed by atoms with Gasteiger partial charge in [-0.05, 0) is 62.9 Å². The third-order valence-corrected chi connectivity index (χ3v) is 5.46. The number of aromatic nitrogens is 2. The summed E-state index contributed by atoms with van der Waals surface area (Å²) in [6.07, 6.45) is 5.17. The van der Waals surface area contributed by atoms with E-state index in [0.29, 0.717) is 16.3 Å². The van der Waals surface area contributed by atoms with Crippen molar-refractivity contribution in [1.29, 1.82) is 0 Å². The fraction of sp³-hybridized carbons (Fsp3) is 0.500. The number of aldehydes is 1. The molecule has 0 spiro atoms. The highest BCUT2D eigenvalue weighted by atomic mass is 35.5. The minimum Gasteiger partial charge on any atom is -0.314 e. The van der Waals surface area contributed by atoms with Gasteiger partial charge in [0.15, 0.2) is 6.29 Å². The molecule has 6 heteroatoms. The highest BCUT2D eigenvalue weighted by molar-refractivity contribution is 7.99. The lowest BCUT2D eigenvalue weighted by molar-refractivity contribution is 0.111. The van der Waals surface area contributed by atoms with Crippen molar-refractivity contribution in [1.82, 2.24) is 14.9 Å². The molecule has 4 nitrogen and oxygen atoms in total. The maximum absolute atomic E-state index is 10.4. The van der Waals surface area contributed by atoms with Gasteiger partial charge in [0, 0.05) is 16.8 Å². The van der Waals surface area contributed by atoms with Crippen LogP contribution in [0.2, 0.25) is 5.02 Å². The van der Waals surface area contributed by atoms with Gasteiger partial charge in [0.05, 0.1) is 5.52 Å². The van der Waals surface area contributed by atoms with Crippen molar-refractivity contribution >= 4 is 35.2 Å². The van der Waals surface area contributed by atoms with Gasteiger partial charge >= 0.3 is 0 Å². The summed E-state index contributed by atoms with van der Waals surface area (Å²) in [5, 5.41) is 8.08. The van der Waals surface area contributed by atoms with E-state index in [1.54, 1.807) is 22.8 Å². The fourth-order valence-corrected chi connectivity index (χ4v) is 3.81. The highest BCUT2D eigenvalue weighted by Gasteiger charge is 2.23. The van der Waals surface area contributed by atoms with E-state index in [1.165, 1.54) is 24.3 Å². The summed E-state index contributed by atoms with van der Waals surface area (Å²) in [6, 6.07) is 3.48. The summed E-state index contributed by atoms with van der Waals surface area (Å²) < 4.78 is 1.64. The Morgan fingerprint density at radius 3 is 2.64 bits per heavy atom. The quantitative estimate of drug-likeness (QED) is 0.849. The average Bonchev–Trinajstić information content (AvgIpc) is 2.91. The molecular weight excluding hydrogens is 318 g/mol. The summed E-state index contributed by atoms with van der Waals surface area (Å²) in [5.41, 5.74) is 2.64. The van der Waals surface area contributed by atoms with Gasteiger partial charge in [0.1, 0.15) is 5.69 Å². The molecule has 0 atom stereocenters. The van der Waals surface area contributed by atoms with Crippen molar-refractivity contribution < 1.29 is 4.79 Å². The first-order chi connectivity index (χ1) is 10.5. The molecule has 0 saturated carbocycles. The normalized spacial score (nSPS) is 16.9. The maximum atomic E-state index is 10.4. The molecule has 3 heterocycles. The summed E-state index contributed by atoms with van der Waals surface area (Å²) in [7, 11) is 2.07. The molecule has 120 valence electrons. The zero-order valence-corrected chi connectivity index (χ0v) is 14.8. The molecule has 22 heavy (non-hydrogen) atoms. The number of aryl methyl sites for hydroxylation is 1. The molecule has 3 rings (SSSR count). The number of hydrogen-bond donors (Lipinski definition) is 1. The number of hydrogen-bond acceptors (Lipinski definition) is 4. The van der Waals surface area contributed by atoms with E-state index in [0.717, 1.165) is 17.4 Å². The van der Waals surface area contributed by atoms with E-state index >= 15 is 0 Å². The molecule has 2 aromatic heterocycles. The maximum Gasteiger partial charge on any atom is 0.170 e. The number of fused-ring (bicyclic) bond motifs is 1. The number of halogens is 1. The first kappa shape index (κ1) is 17.3. The van der Waals surface area contributed by atoms with Crippen LogP contribution in [-0.4, -0.2) is 40.0 Å². The van der Waals surface area contributed by atoms with Crippen LogP contribution >= 0.6 is 23.4 Å². The standard InChI is InChI=1S/C9H7ClN2O.C7H15NS/c1-6-4-12-8(3-9(6)10)2-7(5-13)11-12;1-7(8-2)3-5-9-6-4-7/h2-5H,1H3;8H,3-6H2,1-2H3. The minimum atomic E-state index is 0.418. The Bertz CT molecular complexity index is 611. The third-order valence-electron chi connectivity index (χ3n) is 4.07. The predicted molar refractivity (Wildman–Crippen MR) is 94.4 cm³/mol. The SMILES string of the molecule is CNC1(C)CCSCC1.Cc1cn2nc(C=O)cc2cc1Cl. The Labute approximate surface area is 140 Å². The molecule has 1 aliphatic heterocycles. The van der Waals surface area contributed by atoms with E-state index in [2.05, 4.69) is 36.1 Å². The summed E-state index contributed by atoms with van der Waals surface area (Å²) >= 11 is 7.98. The Balaban J connectivity index is 0.000000172. The molecule has 0 bridgehead atoms. The van der Waals surface area contributed by atoms with Crippen LogP contribution in [0.5, 0.6) is 0 Å². The van der Waals surface area contributed by atoms with Crippen molar-refractivity contribution in [3.05, 3.63) is 34.6 Å². The van der Waals surface area contributed by atoms with Crippen LogP contribution in [0.4, 0.5) is 0 Å². The molecule has 1 aliphatic rings. The second kappa shape index (κ2) is 7.49. The number of carbonyl (C=O) groups is 1. The van der Waals surface area contributed by atoms with E-state index < -0.39 is 0 Å². The predicted octanol–water partition coefficient (Wildman–Crippen LogP) is 3.60. The lowest BCUT2D eigenvalue weighted by Crippen LogP contribution is -2.42. The minimum absolute atomic E-state index is 0.418. The number of nitrogens with zero attached hydrogens (tertiary/aromatic N) is 2. The van der Waals surface area contributed by atoms with Crippen molar-refractivity contribution in [2.75, 3.05) is 18.6 Å². The first-order valence-corrected chi connectivity index (χ1v) is 8.88. The number of pyridine rings is 1. The van der Waals surface area contributed by atoms with Crippen LogP contribution in [-0.2, 0) is 0 Å². The van der Waals surface area contributed by atoms with Crippen LogP contribution in [0.25, 0.3) is 5.52 Å².